The molecule has 0 aliphatic heterocycles. The highest BCUT2D eigenvalue weighted by Crippen LogP contribution is 2.28. The summed E-state index contributed by atoms with van der Waals surface area (Å²) in [5, 5.41) is 12.8. The van der Waals surface area contributed by atoms with E-state index in [1.54, 1.807) is 4.68 Å². The first kappa shape index (κ1) is 19.0. The van der Waals surface area contributed by atoms with Crippen LogP contribution in [0.4, 0.5) is 0 Å². The standard InChI is InChI=1S/C23H21N5O3/c1-3-7-21-25-26-27-28(21)22-12-17-10-11-18(13-20(17)31-22)29-14-19-15(2)30-23(24-19)16-8-5-4-6-9-16/h4-6,8-13H,3,7,14H2,1-2H3. The second-order valence-corrected chi connectivity index (χ2v) is 7.22. The minimum atomic E-state index is 0.300. The molecule has 0 atom stereocenters. The topological polar surface area (TPSA) is 92.0 Å². The van der Waals surface area contributed by atoms with E-state index in [1.807, 2.05) is 61.5 Å². The van der Waals surface area contributed by atoms with Gasteiger partial charge < -0.3 is 13.6 Å². The molecule has 5 rings (SSSR count). The summed E-state index contributed by atoms with van der Waals surface area (Å²) in [7, 11) is 0. The van der Waals surface area contributed by atoms with Crippen LogP contribution in [0.2, 0.25) is 0 Å². The van der Waals surface area contributed by atoms with Crippen molar-refractivity contribution < 1.29 is 13.6 Å². The van der Waals surface area contributed by atoms with E-state index in [1.165, 1.54) is 0 Å². The molecule has 31 heavy (non-hydrogen) atoms. The first-order chi connectivity index (χ1) is 15.2. The van der Waals surface area contributed by atoms with E-state index >= 15 is 0 Å². The van der Waals surface area contributed by atoms with Gasteiger partial charge in [0.1, 0.15) is 29.4 Å². The van der Waals surface area contributed by atoms with Crippen molar-refractivity contribution in [3.05, 3.63) is 71.9 Å². The quantitative estimate of drug-likeness (QED) is 0.373. The van der Waals surface area contributed by atoms with Gasteiger partial charge in [-0.25, -0.2) is 4.98 Å². The summed E-state index contributed by atoms with van der Waals surface area (Å²) in [6.45, 7) is 4.27. The molecule has 8 nitrogen and oxygen atoms in total. The Labute approximate surface area is 178 Å². The molecule has 0 amide bonds. The first-order valence-corrected chi connectivity index (χ1v) is 10.2. The summed E-state index contributed by atoms with van der Waals surface area (Å²) in [4.78, 5) is 4.58. The average Bonchev–Trinajstić information content (AvgIpc) is 3.51. The van der Waals surface area contributed by atoms with E-state index in [9.17, 15) is 0 Å². The summed E-state index contributed by atoms with van der Waals surface area (Å²) < 4.78 is 19.4. The number of fused-ring (bicyclic) bond motifs is 1. The maximum Gasteiger partial charge on any atom is 0.226 e. The lowest BCUT2D eigenvalue weighted by molar-refractivity contribution is 0.299. The van der Waals surface area contributed by atoms with Gasteiger partial charge in [-0.15, -0.1) is 5.10 Å². The fraction of sp³-hybridized carbons (Fsp3) is 0.217. The molecular weight excluding hydrogens is 394 g/mol. The molecular formula is C23H21N5O3. The summed E-state index contributed by atoms with van der Waals surface area (Å²) >= 11 is 0. The molecule has 156 valence electrons. The van der Waals surface area contributed by atoms with Gasteiger partial charge in [-0.3, -0.25) is 0 Å². The molecule has 8 heteroatoms. The number of rotatable bonds is 7. The molecule has 0 unspecified atom stereocenters. The van der Waals surface area contributed by atoms with Gasteiger partial charge in [0, 0.05) is 29.5 Å². The van der Waals surface area contributed by atoms with Crippen molar-refractivity contribution in [3.63, 3.8) is 0 Å². The lowest BCUT2D eigenvalue weighted by atomic mass is 10.2. The van der Waals surface area contributed by atoms with Gasteiger partial charge in [0.05, 0.1) is 0 Å². The van der Waals surface area contributed by atoms with Crippen molar-refractivity contribution in [2.24, 2.45) is 0 Å². The van der Waals surface area contributed by atoms with Crippen LogP contribution in [0, 0.1) is 6.92 Å². The predicted molar refractivity (Wildman–Crippen MR) is 114 cm³/mol. The average molecular weight is 415 g/mol. The minimum Gasteiger partial charge on any atom is -0.487 e. The molecule has 3 heterocycles. The van der Waals surface area contributed by atoms with Crippen molar-refractivity contribution in [1.29, 1.82) is 0 Å². The number of hydrogen-bond acceptors (Lipinski definition) is 7. The maximum absolute atomic E-state index is 5.98. The van der Waals surface area contributed by atoms with Crippen molar-refractivity contribution >= 4 is 11.0 Å². The van der Waals surface area contributed by atoms with Gasteiger partial charge in [-0.2, -0.15) is 4.68 Å². The Morgan fingerprint density at radius 1 is 1.03 bits per heavy atom. The predicted octanol–water partition coefficient (Wildman–Crippen LogP) is 4.90. The van der Waals surface area contributed by atoms with Gasteiger partial charge >= 0.3 is 0 Å². The smallest absolute Gasteiger partial charge is 0.226 e. The van der Waals surface area contributed by atoms with E-state index < -0.39 is 0 Å². The summed E-state index contributed by atoms with van der Waals surface area (Å²) in [5.74, 6) is 3.37. The molecule has 0 aliphatic carbocycles. The Morgan fingerprint density at radius 3 is 2.74 bits per heavy atom. The molecule has 0 fully saturated rings. The van der Waals surface area contributed by atoms with Gasteiger partial charge in [0.2, 0.25) is 11.8 Å². The van der Waals surface area contributed by atoms with E-state index in [4.69, 9.17) is 13.6 Å². The number of hydrogen-bond donors (Lipinski definition) is 0. The lowest BCUT2D eigenvalue weighted by Gasteiger charge is -2.04. The zero-order chi connectivity index (χ0) is 21.2. The van der Waals surface area contributed by atoms with Crippen molar-refractivity contribution in [2.75, 3.05) is 0 Å². The van der Waals surface area contributed by atoms with Crippen LogP contribution >= 0.6 is 0 Å². The number of aryl methyl sites for hydroxylation is 2. The third kappa shape index (κ3) is 3.79. The molecule has 0 bridgehead atoms. The van der Waals surface area contributed by atoms with Crippen LogP contribution in [0.15, 0.2) is 63.4 Å². The highest BCUT2D eigenvalue weighted by Gasteiger charge is 2.14. The molecule has 0 aliphatic rings. The van der Waals surface area contributed by atoms with E-state index in [-0.39, 0.29) is 0 Å². The Bertz CT molecular complexity index is 1320. The summed E-state index contributed by atoms with van der Waals surface area (Å²) in [6.07, 6.45) is 1.73. The second kappa shape index (κ2) is 8.06. The van der Waals surface area contributed by atoms with Crippen LogP contribution in [0.5, 0.6) is 5.75 Å². The molecule has 0 saturated carbocycles. The highest BCUT2D eigenvalue weighted by molar-refractivity contribution is 5.80. The molecule has 0 radical (unpaired) electrons. The second-order valence-electron chi connectivity index (χ2n) is 7.22. The van der Waals surface area contributed by atoms with Crippen LogP contribution in [-0.4, -0.2) is 25.2 Å². The molecule has 0 saturated heterocycles. The normalized spacial score (nSPS) is 11.3. The van der Waals surface area contributed by atoms with Gasteiger partial charge in [0.15, 0.2) is 5.82 Å². The largest absolute Gasteiger partial charge is 0.487 e. The fourth-order valence-corrected chi connectivity index (χ4v) is 3.37. The number of benzene rings is 2. The highest BCUT2D eigenvalue weighted by atomic mass is 16.5. The van der Waals surface area contributed by atoms with Gasteiger partial charge in [0.25, 0.3) is 0 Å². The van der Waals surface area contributed by atoms with Crippen molar-refractivity contribution in [2.45, 2.75) is 33.3 Å². The first-order valence-electron chi connectivity index (χ1n) is 10.2. The molecule has 5 aromatic rings. The Kier molecular flexibility index (Phi) is 4.95. The minimum absolute atomic E-state index is 0.300. The number of ether oxygens (including phenoxy) is 1. The molecule has 0 N–H and O–H groups in total. The van der Waals surface area contributed by atoms with Crippen molar-refractivity contribution in [1.82, 2.24) is 25.2 Å². The number of aromatic nitrogens is 5. The van der Waals surface area contributed by atoms with Crippen molar-refractivity contribution in [3.8, 4) is 23.1 Å². The van der Waals surface area contributed by atoms with E-state index in [0.717, 1.165) is 41.1 Å². The van der Waals surface area contributed by atoms with Crippen LogP contribution in [0.1, 0.15) is 30.6 Å². The van der Waals surface area contributed by atoms with E-state index in [2.05, 4.69) is 27.4 Å². The Hall–Kier alpha value is -3.94. The summed E-state index contributed by atoms with van der Waals surface area (Å²) in [5.41, 5.74) is 2.40. The third-order valence-corrected chi connectivity index (χ3v) is 4.98. The number of oxazole rings is 1. The van der Waals surface area contributed by atoms with E-state index in [0.29, 0.717) is 29.7 Å². The lowest BCUT2D eigenvalue weighted by Crippen LogP contribution is -2.01. The van der Waals surface area contributed by atoms with Crippen LogP contribution in [0.3, 0.4) is 0 Å². The zero-order valence-electron chi connectivity index (χ0n) is 17.3. The SMILES string of the molecule is CCCc1nnnn1-c1cc2ccc(OCc3nc(-c4ccccc4)oc3C)cc2o1. The Balaban J connectivity index is 1.35. The monoisotopic (exact) mass is 415 g/mol. The summed E-state index contributed by atoms with van der Waals surface area (Å²) in [6, 6.07) is 17.4. The zero-order valence-corrected chi connectivity index (χ0v) is 17.3. The molecule has 3 aromatic heterocycles. The number of furan rings is 1. The maximum atomic E-state index is 5.98. The van der Waals surface area contributed by atoms with Crippen LogP contribution in [-0.2, 0) is 13.0 Å². The molecule has 0 spiro atoms. The van der Waals surface area contributed by atoms with Gasteiger partial charge in [-0.05, 0) is 48.0 Å². The Morgan fingerprint density at radius 2 is 1.90 bits per heavy atom. The number of tetrazole rings is 1. The van der Waals surface area contributed by atoms with Crippen LogP contribution in [0.25, 0.3) is 28.3 Å². The van der Waals surface area contributed by atoms with Gasteiger partial charge in [-0.1, -0.05) is 25.1 Å². The van der Waals surface area contributed by atoms with Crippen LogP contribution < -0.4 is 4.74 Å². The fourth-order valence-electron chi connectivity index (χ4n) is 3.37. The molecule has 2 aromatic carbocycles. The number of nitrogens with zero attached hydrogens (tertiary/aromatic N) is 5. The third-order valence-electron chi connectivity index (χ3n) is 4.98.